The molecule has 0 spiro atoms. The van der Waals surface area contributed by atoms with Gasteiger partial charge in [0, 0.05) is 6.42 Å². The molecule has 0 amide bonds. The molecule has 0 aliphatic carbocycles. The van der Waals surface area contributed by atoms with E-state index in [0.717, 1.165) is 6.42 Å². The van der Waals surface area contributed by atoms with E-state index in [1.165, 1.54) is 0 Å². The van der Waals surface area contributed by atoms with Crippen LogP contribution in [-0.4, -0.2) is 77.6 Å². The predicted molar refractivity (Wildman–Crippen MR) is 70.1 cm³/mol. The SMILES string of the molecule is CCC[C@H](O)[C@H](OCCO)O[C@H]1C[C@H](O)COC1CO. The lowest BCUT2D eigenvalue weighted by Crippen LogP contribution is -2.48. The summed E-state index contributed by atoms with van der Waals surface area (Å²) >= 11 is 0. The van der Waals surface area contributed by atoms with Crippen molar-refractivity contribution >= 4 is 0 Å². The molecule has 5 atom stereocenters. The Morgan fingerprint density at radius 1 is 1.35 bits per heavy atom. The molecule has 1 fully saturated rings. The van der Waals surface area contributed by atoms with Crippen LogP contribution in [0, 0.1) is 0 Å². The molecule has 7 nitrogen and oxygen atoms in total. The normalized spacial score (nSPS) is 30.1. The van der Waals surface area contributed by atoms with Gasteiger partial charge in [-0.25, -0.2) is 0 Å². The fraction of sp³-hybridized carbons (Fsp3) is 1.00. The van der Waals surface area contributed by atoms with Gasteiger partial charge in [0.1, 0.15) is 12.2 Å². The Morgan fingerprint density at radius 3 is 2.70 bits per heavy atom. The van der Waals surface area contributed by atoms with Crippen LogP contribution in [0.1, 0.15) is 26.2 Å². The molecule has 0 saturated carbocycles. The van der Waals surface area contributed by atoms with Crippen LogP contribution in [0.4, 0.5) is 0 Å². The Morgan fingerprint density at radius 2 is 2.10 bits per heavy atom. The summed E-state index contributed by atoms with van der Waals surface area (Å²) in [7, 11) is 0. The first-order valence-electron chi connectivity index (χ1n) is 7.08. The number of hydrogen-bond donors (Lipinski definition) is 4. The van der Waals surface area contributed by atoms with Gasteiger partial charge < -0.3 is 34.6 Å². The first-order valence-corrected chi connectivity index (χ1v) is 7.08. The van der Waals surface area contributed by atoms with Crippen LogP contribution < -0.4 is 0 Å². The van der Waals surface area contributed by atoms with Gasteiger partial charge in [0.2, 0.25) is 0 Å². The highest BCUT2D eigenvalue weighted by Crippen LogP contribution is 2.21. The maximum absolute atomic E-state index is 9.99. The summed E-state index contributed by atoms with van der Waals surface area (Å²) in [5.41, 5.74) is 0. The van der Waals surface area contributed by atoms with E-state index >= 15 is 0 Å². The Balaban J connectivity index is 2.60. The molecular formula is C13H26O7. The fourth-order valence-electron chi connectivity index (χ4n) is 2.16. The molecule has 0 radical (unpaired) electrons. The second-order valence-electron chi connectivity index (χ2n) is 4.94. The average Bonchev–Trinajstić information content (AvgIpc) is 2.43. The highest BCUT2D eigenvalue weighted by atomic mass is 16.7. The van der Waals surface area contributed by atoms with Crippen molar-refractivity contribution in [1.82, 2.24) is 0 Å². The zero-order chi connectivity index (χ0) is 15.0. The molecule has 20 heavy (non-hydrogen) atoms. The molecule has 4 N–H and O–H groups in total. The van der Waals surface area contributed by atoms with E-state index < -0.39 is 30.7 Å². The summed E-state index contributed by atoms with van der Waals surface area (Å²) in [5, 5.41) is 37.6. The van der Waals surface area contributed by atoms with Crippen molar-refractivity contribution in [3.05, 3.63) is 0 Å². The topological polar surface area (TPSA) is 109 Å². The highest BCUT2D eigenvalue weighted by Gasteiger charge is 2.34. The molecular weight excluding hydrogens is 268 g/mol. The minimum absolute atomic E-state index is 0.0470. The van der Waals surface area contributed by atoms with Gasteiger partial charge in [0.15, 0.2) is 6.29 Å². The molecule has 1 saturated heterocycles. The smallest absolute Gasteiger partial charge is 0.183 e. The van der Waals surface area contributed by atoms with Crippen LogP contribution >= 0.6 is 0 Å². The van der Waals surface area contributed by atoms with Gasteiger partial charge in [-0.3, -0.25) is 0 Å². The quantitative estimate of drug-likeness (QED) is 0.404. The summed E-state index contributed by atoms with van der Waals surface area (Å²) in [6.45, 7) is 1.73. The lowest BCUT2D eigenvalue weighted by Gasteiger charge is -2.36. The van der Waals surface area contributed by atoms with Crippen molar-refractivity contribution in [2.75, 3.05) is 26.4 Å². The maximum Gasteiger partial charge on any atom is 0.183 e. The number of rotatable bonds is 9. The zero-order valence-electron chi connectivity index (χ0n) is 11.9. The summed E-state index contributed by atoms with van der Waals surface area (Å²) in [6.07, 6.45) is -1.94. The van der Waals surface area contributed by atoms with Gasteiger partial charge in [-0.05, 0) is 6.42 Å². The van der Waals surface area contributed by atoms with Crippen molar-refractivity contribution in [2.45, 2.75) is 56.9 Å². The lowest BCUT2D eigenvalue weighted by atomic mass is 10.0. The van der Waals surface area contributed by atoms with E-state index in [1.54, 1.807) is 0 Å². The molecule has 120 valence electrons. The molecule has 0 aromatic heterocycles. The maximum atomic E-state index is 9.99. The third-order valence-corrected chi connectivity index (χ3v) is 3.18. The van der Waals surface area contributed by atoms with Gasteiger partial charge in [0.05, 0.1) is 38.6 Å². The number of aliphatic hydroxyl groups is 4. The van der Waals surface area contributed by atoms with E-state index in [4.69, 9.17) is 19.3 Å². The minimum atomic E-state index is -0.907. The van der Waals surface area contributed by atoms with Crippen LogP contribution in [0.2, 0.25) is 0 Å². The van der Waals surface area contributed by atoms with E-state index in [0.29, 0.717) is 12.8 Å². The first kappa shape index (κ1) is 17.8. The van der Waals surface area contributed by atoms with E-state index in [-0.39, 0.29) is 26.4 Å². The van der Waals surface area contributed by atoms with Crippen LogP contribution in [0.25, 0.3) is 0 Å². The van der Waals surface area contributed by atoms with Crippen LogP contribution in [0.3, 0.4) is 0 Å². The second-order valence-corrected chi connectivity index (χ2v) is 4.94. The molecule has 1 heterocycles. The molecule has 1 rings (SSSR count). The Hall–Kier alpha value is -0.280. The summed E-state index contributed by atoms with van der Waals surface area (Å²) < 4.78 is 16.2. The van der Waals surface area contributed by atoms with Gasteiger partial charge in [-0.2, -0.15) is 0 Å². The van der Waals surface area contributed by atoms with Crippen LogP contribution in [0.15, 0.2) is 0 Å². The van der Waals surface area contributed by atoms with E-state index in [2.05, 4.69) is 0 Å². The monoisotopic (exact) mass is 294 g/mol. The Bertz CT molecular complexity index is 251. The zero-order valence-corrected chi connectivity index (χ0v) is 11.9. The van der Waals surface area contributed by atoms with Gasteiger partial charge in [-0.1, -0.05) is 13.3 Å². The van der Waals surface area contributed by atoms with Crippen molar-refractivity contribution in [2.24, 2.45) is 0 Å². The summed E-state index contributed by atoms with van der Waals surface area (Å²) in [5.74, 6) is 0. The largest absolute Gasteiger partial charge is 0.394 e. The highest BCUT2D eigenvalue weighted by molar-refractivity contribution is 4.80. The van der Waals surface area contributed by atoms with Crippen molar-refractivity contribution < 1.29 is 34.6 Å². The Labute approximate surface area is 119 Å². The number of aliphatic hydroxyl groups excluding tert-OH is 4. The van der Waals surface area contributed by atoms with Crippen molar-refractivity contribution in [1.29, 1.82) is 0 Å². The van der Waals surface area contributed by atoms with Crippen LogP contribution in [0.5, 0.6) is 0 Å². The lowest BCUT2D eigenvalue weighted by molar-refractivity contribution is -0.258. The van der Waals surface area contributed by atoms with Crippen molar-refractivity contribution in [3.63, 3.8) is 0 Å². The summed E-state index contributed by atoms with van der Waals surface area (Å²) in [6, 6.07) is 0. The van der Waals surface area contributed by atoms with Crippen LogP contribution in [-0.2, 0) is 14.2 Å². The van der Waals surface area contributed by atoms with Crippen molar-refractivity contribution in [3.8, 4) is 0 Å². The molecule has 1 aliphatic rings. The van der Waals surface area contributed by atoms with Gasteiger partial charge in [0.25, 0.3) is 0 Å². The standard InChI is InChI=1S/C13H26O7/c1-2-3-10(17)13(18-5-4-14)20-11-6-9(16)8-19-12(11)7-15/h9-17H,2-8H2,1H3/t9-,10-,11-,12?,13+/m0/s1. The third kappa shape index (κ3) is 5.61. The molecule has 1 aliphatic heterocycles. The molecule has 0 aromatic carbocycles. The first-order chi connectivity index (χ1) is 9.62. The number of ether oxygens (including phenoxy) is 3. The minimum Gasteiger partial charge on any atom is -0.394 e. The average molecular weight is 294 g/mol. The molecule has 1 unspecified atom stereocenters. The molecule has 0 aromatic rings. The number of hydrogen-bond acceptors (Lipinski definition) is 7. The van der Waals surface area contributed by atoms with E-state index in [9.17, 15) is 15.3 Å². The fourth-order valence-corrected chi connectivity index (χ4v) is 2.16. The van der Waals surface area contributed by atoms with Gasteiger partial charge in [-0.15, -0.1) is 0 Å². The van der Waals surface area contributed by atoms with Gasteiger partial charge >= 0.3 is 0 Å². The Kier molecular flexibility index (Phi) is 8.55. The molecule has 7 heteroatoms. The predicted octanol–water partition coefficient (Wildman–Crippen LogP) is -0.990. The third-order valence-electron chi connectivity index (χ3n) is 3.18. The second kappa shape index (κ2) is 9.62. The van der Waals surface area contributed by atoms with E-state index in [1.807, 2.05) is 6.92 Å². The molecule has 0 bridgehead atoms. The summed E-state index contributed by atoms with van der Waals surface area (Å²) in [4.78, 5) is 0.